The van der Waals surface area contributed by atoms with Gasteiger partial charge < -0.3 is 15.4 Å². The molecule has 1 aromatic rings. The van der Waals surface area contributed by atoms with Crippen molar-refractivity contribution in [1.29, 1.82) is 0 Å². The summed E-state index contributed by atoms with van der Waals surface area (Å²) in [6.45, 7) is 4.30. The van der Waals surface area contributed by atoms with Gasteiger partial charge in [0.1, 0.15) is 0 Å². The van der Waals surface area contributed by atoms with Crippen LogP contribution < -0.4 is 10.6 Å². The Balaban J connectivity index is 2.23. The second kappa shape index (κ2) is 4.65. The smallest absolute Gasteiger partial charge is 0.337 e. The van der Waals surface area contributed by atoms with Crippen LogP contribution in [0.2, 0.25) is 0 Å². The van der Waals surface area contributed by atoms with Gasteiger partial charge >= 0.3 is 5.97 Å². The highest BCUT2D eigenvalue weighted by Gasteiger charge is 2.21. The lowest BCUT2D eigenvalue weighted by atomic mass is 10.1. The molecule has 0 spiro atoms. The van der Waals surface area contributed by atoms with Crippen LogP contribution in [-0.2, 0) is 4.74 Å². The van der Waals surface area contributed by atoms with E-state index in [2.05, 4.69) is 16.6 Å². The normalized spacial score (nSPS) is 19.4. The van der Waals surface area contributed by atoms with Crippen LogP contribution in [0.15, 0.2) is 18.2 Å². The number of anilines is 2. The van der Waals surface area contributed by atoms with Gasteiger partial charge in [0.2, 0.25) is 0 Å². The number of esters is 1. The zero-order chi connectivity index (χ0) is 12.4. The van der Waals surface area contributed by atoms with Gasteiger partial charge in [-0.05, 0) is 30.5 Å². The van der Waals surface area contributed by atoms with Gasteiger partial charge in [-0.15, -0.1) is 0 Å². The van der Waals surface area contributed by atoms with Crippen molar-refractivity contribution < 1.29 is 9.53 Å². The van der Waals surface area contributed by atoms with E-state index in [9.17, 15) is 4.79 Å². The minimum atomic E-state index is -0.349. The van der Waals surface area contributed by atoms with E-state index >= 15 is 0 Å². The lowest BCUT2D eigenvalue weighted by Crippen LogP contribution is -2.20. The summed E-state index contributed by atoms with van der Waals surface area (Å²) in [7, 11) is 1.37. The van der Waals surface area contributed by atoms with Gasteiger partial charge in [0.05, 0.1) is 24.0 Å². The molecule has 1 aromatic carbocycles. The third kappa shape index (κ3) is 2.35. The lowest BCUT2D eigenvalue weighted by Gasteiger charge is -2.20. The van der Waals surface area contributed by atoms with Gasteiger partial charge in [0, 0.05) is 13.1 Å². The van der Waals surface area contributed by atoms with E-state index in [1.54, 1.807) is 12.1 Å². The van der Waals surface area contributed by atoms with Crippen molar-refractivity contribution in [1.82, 2.24) is 0 Å². The molecule has 1 aliphatic rings. The Morgan fingerprint density at radius 2 is 2.29 bits per heavy atom. The molecule has 0 bridgehead atoms. The molecule has 4 heteroatoms. The quantitative estimate of drug-likeness (QED) is 0.627. The standard InChI is InChI=1S/C13H18N2O2/c1-9-5-6-15(8-9)12-4-3-10(7-11(12)14)13(16)17-2/h3-4,7,9H,5-6,8,14H2,1-2H3. The Hall–Kier alpha value is -1.71. The Morgan fingerprint density at radius 3 is 2.82 bits per heavy atom. The Bertz CT molecular complexity index is 431. The van der Waals surface area contributed by atoms with Crippen molar-refractivity contribution in [3.05, 3.63) is 23.8 Å². The first-order valence-electron chi connectivity index (χ1n) is 5.84. The van der Waals surface area contributed by atoms with Gasteiger partial charge in [-0.2, -0.15) is 0 Å². The Labute approximate surface area is 101 Å². The lowest BCUT2D eigenvalue weighted by molar-refractivity contribution is 0.0601. The number of nitrogens with zero attached hydrogens (tertiary/aromatic N) is 1. The number of hydrogen-bond donors (Lipinski definition) is 1. The molecule has 1 fully saturated rings. The summed E-state index contributed by atoms with van der Waals surface area (Å²) in [6.07, 6.45) is 1.19. The van der Waals surface area contributed by atoms with Crippen molar-refractivity contribution >= 4 is 17.3 Å². The predicted molar refractivity (Wildman–Crippen MR) is 68.2 cm³/mol. The van der Waals surface area contributed by atoms with Crippen LogP contribution >= 0.6 is 0 Å². The van der Waals surface area contributed by atoms with Crippen LogP contribution in [0.1, 0.15) is 23.7 Å². The SMILES string of the molecule is COC(=O)c1ccc(N2CCC(C)C2)c(N)c1. The van der Waals surface area contributed by atoms with Gasteiger partial charge in [-0.1, -0.05) is 6.92 Å². The second-order valence-electron chi connectivity index (χ2n) is 4.61. The first-order chi connectivity index (χ1) is 8.11. The van der Waals surface area contributed by atoms with Crippen molar-refractivity contribution in [2.24, 2.45) is 5.92 Å². The molecule has 0 aromatic heterocycles. The molecule has 17 heavy (non-hydrogen) atoms. The summed E-state index contributed by atoms with van der Waals surface area (Å²) in [6, 6.07) is 5.35. The first-order valence-corrected chi connectivity index (χ1v) is 5.84. The average molecular weight is 234 g/mol. The summed E-state index contributed by atoms with van der Waals surface area (Å²) in [5.41, 5.74) is 8.15. The largest absolute Gasteiger partial charge is 0.465 e. The van der Waals surface area contributed by atoms with E-state index in [1.807, 2.05) is 6.07 Å². The van der Waals surface area contributed by atoms with Crippen LogP contribution in [0, 0.1) is 5.92 Å². The summed E-state index contributed by atoms with van der Waals surface area (Å²) < 4.78 is 4.67. The van der Waals surface area contributed by atoms with Crippen LogP contribution in [-0.4, -0.2) is 26.2 Å². The van der Waals surface area contributed by atoms with Gasteiger partial charge in [-0.25, -0.2) is 4.79 Å². The Morgan fingerprint density at radius 1 is 1.53 bits per heavy atom. The predicted octanol–water partition coefficient (Wildman–Crippen LogP) is 1.90. The van der Waals surface area contributed by atoms with E-state index in [4.69, 9.17) is 5.73 Å². The number of ether oxygens (including phenoxy) is 1. The third-order valence-electron chi connectivity index (χ3n) is 3.21. The maximum Gasteiger partial charge on any atom is 0.337 e. The minimum Gasteiger partial charge on any atom is -0.465 e. The highest BCUT2D eigenvalue weighted by molar-refractivity contribution is 5.92. The van der Waals surface area contributed by atoms with Gasteiger partial charge in [-0.3, -0.25) is 0 Å². The van der Waals surface area contributed by atoms with E-state index in [0.717, 1.165) is 18.8 Å². The first kappa shape index (κ1) is 11.8. The molecule has 1 atom stereocenters. The number of methoxy groups -OCH3 is 1. The van der Waals surface area contributed by atoms with Crippen LogP contribution in [0.3, 0.4) is 0 Å². The maximum absolute atomic E-state index is 11.4. The molecule has 0 aliphatic carbocycles. The average Bonchev–Trinajstić information content (AvgIpc) is 2.74. The summed E-state index contributed by atoms with van der Waals surface area (Å²) in [4.78, 5) is 13.6. The molecule has 1 saturated heterocycles. The van der Waals surface area contributed by atoms with E-state index in [-0.39, 0.29) is 5.97 Å². The second-order valence-corrected chi connectivity index (χ2v) is 4.61. The number of nitrogen functional groups attached to an aromatic ring is 1. The van der Waals surface area contributed by atoms with Crippen molar-refractivity contribution in [2.45, 2.75) is 13.3 Å². The van der Waals surface area contributed by atoms with E-state index in [1.165, 1.54) is 13.5 Å². The zero-order valence-electron chi connectivity index (χ0n) is 10.3. The van der Waals surface area contributed by atoms with Gasteiger partial charge in [0.25, 0.3) is 0 Å². The molecule has 0 radical (unpaired) electrons. The van der Waals surface area contributed by atoms with Crippen molar-refractivity contribution in [2.75, 3.05) is 30.8 Å². The number of carbonyl (C=O) groups is 1. The molecule has 1 heterocycles. The number of rotatable bonds is 2. The van der Waals surface area contributed by atoms with Crippen LogP contribution in [0.5, 0.6) is 0 Å². The molecule has 92 valence electrons. The third-order valence-corrected chi connectivity index (χ3v) is 3.21. The van der Waals surface area contributed by atoms with Crippen molar-refractivity contribution in [3.63, 3.8) is 0 Å². The van der Waals surface area contributed by atoms with E-state index < -0.39 is 0 Å². The fraction of sp³-hybridized carbons (Fsp3) is 0.462. The number of hydrogen-bond acceptors (Lipinski definition) is 4. The minimum absolute atomic E-state index is 0.349. The number of benzene rings is 1. The number of carbonyl (C=O) groups excluding carboxylic acids is 1. The molecule has 0 saturated carbocycles. The molecule has 0 amide bonds. The molecule has 2 rings (SSSR count). The number of nitrogens with two attached hydrogens (primary N) is 1. The highest BCUT2D eigenvalue weighted by Crippen LogP contribution is 2.29. The van der Waals surface area contributed by atoms with E-state index in [0.29, 0.717) is 17.2 Å². The Kier molecular flexibility index (Phi) is 3.22. The van der Waals surface area contributed by atoms with Crippen molar-refractivity contribution in [3.8, 4) is 0 Å². The monoisotopic (exact) mass is 234 g/mol. The molecule has 2 N–H and O–H groups in total. The van der Waals surface area contributed by atoms with Gasteiger partial charge in [0.15, 0.2) is 0 Å². The van der Waals surface area contributed by atoms with Crippen LogP contribution in [0.25, 0.3) is 0 Å². The molecule has 1 unspecified atom stereocenters. The zero-order valence-corrected chi connectivity index (χ0v) is 10.3. The summed E-state index contributed by atoms with van der Waals surface area (Å²) in [5.74, 6) is 0.354. The molecular formula is C13H18N2O2. The highest BCUT2D eigenvalue weighted by atomic mass is 16.5. The maximum atomic E-state index is 11.4. The molecular weight excluding hydrogens is 216 g/mol. The fourth-order valence-corrected chi connectivity index (χ4v) is 2.24. The fourth-order valence-electron chi connectivity index (χ4n) is 2.24. The molecule has 4 nitrogen and oxygen atoms in total. The summed E-state index contributed by atoms with van der Waals surface area (Å²) >= 11 is 0. The van der Waals surface area contributed by atoms with Crippen LogP contribution in [0.4, 0.5) is 11.4 Å². The molecule has 1 aliphatic heterocycles. The topological polar surface area (TPSA) is 55.6 Å². The summed E-state index contributed by atoms with van der Waals surface area (Å²) in [5, 5.41) is 0.